The topological polar surface area (TPSA) is 42.0 Å². The molecule has 0 unspecified atom stereocenters. The van der Waals surface area contributed by atoms with E-state index >= 15 is 0 Å². The largest absolute Gasteiger partial charge is 0.310 e. The van der Waals surface area contributed by atoms with Crippen molar-refractivity contribution >= 4 is 11.7 Å². The molecule has 19 heavy (non-hydrogen) atoms. The van der Waals surface area contributed by atoms with E-state index in [1.807, 2.05) is 19.1 Å². The van der Waals surface area contributed by atoms with Crippen LogP contribution in [0.1, 0.15) is 33.3 Å². The summed E-state index contributed by atoms with van der Waals surface area (Å²) in [5.74, 6) is 1.09. The molecule has 1 N–H and O–H groups in total. The maximum atomic E-state index is 12.3. The van der Waals surface area contributed by atoms with Crippen molar-refractivity contribution in [1.29, 1.82) is 0 Å². The number of hydrogen-bond donors (Lipinski definition) is 1. The Morgan fingerprint density at radius 2 is 2.05 bits per heavy atom. The summed E-state index contributed by atoms with van der Waals surface area (Å²) in [6, 6.07) is 3.80. The first-order valence-corrected chi connectivity index (χ1v) is 6.71. The Balaban J connectivity index is 2.05. The number of carbonyl (C=O) groups excluding carboxylic acids is 1. The second kappa shape index (κ2) is 4.80. The van der Waals surface area contributed by atoms with Gasteiger partial charge in [-0.2, -0.15) is 0 Å². The fourth-order valence-corrected chi connectivity index (χ4v) is 2.59. The first-order chi connectivity index (χ1) is 8.82. The van der Waals surface area contributed by atoms with Crippen LogP contribution in [0.4, 0.5) is 5.82 Å². The van der Waals surface area contributed by atoms with Gasteiger partial charge in [-0.05, 0) is 43.7 Å². The molecule has 2 rings (SSSR count). The Morgan fingerprint density at radius 1 is 1.37 bits per heavy atom. The Hall–Kier alpha value is -1.64. The molecule has 0 radical (unpaired) electrons. The van der Waals surface area contributed by atoms with Crippen molar-refractivity contribution in [2.75, 3.05) is 5.32 Å². The fourth-order valence-electron chi connectivity index (χ4n) is 2.59. The molecule has 0 bridgehead atoms. The lowest BCUT2D eigenvalue weighted by molar-refractivity contribution is -0.118. The second-order valence-electron chi connectivity index (χ2n) is 6.28. The number of amides is 1. The maximum absolute atomic E-state index is 12.3. The van der Waals surface area contributed by atoms with E-state index in [1.54, 1.807) is 6.20 Å². The molecule has 1 heterocycles. The smallest absolute Gasteiger partial charge is 0.229 e. The van der Waals surface area contributed by atoms with Crippen molar-refractivity contribution in [3.63, 3.8) is 0 Å². The first kappa shape index (κ1) is 13.8. The molecule has 1 aromatic heterocycles. The molecule has 0 saturated heterocycles. The summed E-state index contributed by atoms with van der Waals surface area (Å²) < 4.78 is 0. The van der Waals surface area contributed by atoms with Crippen molar-refractivity contribution < 1.29 is 4.79 Å². The average Bonchev–Trinajstić information content (AvgIpc) is 2.83. The average molecular weight is 258 g/mol. The Bertz CT molecular complexity index is 510. The molecule has 0 aliphatic heterocycles. The van der Waals surface area contributed by atoms with Gasteiger partial charge >= 0.3 is 0 Å². The van der Waals surface area contributed by atoms with Crippen molar-refractivity contribution in [3.8, 4) is 0 Å². The Labute approximate surface area is 115 Å². The Morgan fingerprint density at radius 3 is 2.58 bits per heavy atom. The molecular weight excluding hydrogens is 236 g/mol. The van der Waals surface area contributed by atoms with E-state index in [0.717, 1.165) is 5.56 Å². The van der Waals surface area contributed by atoms with Gasteiger partial charge < -0.3 is 5.32 Å². The number of aryl methyl sites for hydroxylation is 1. The zero-order valence-electron chi connectivity index (χ0n) is 12.3. The molecule has 3 nitrogen and oxygen atoms in total. The van der Waals surface area contributed by atoms with E-state index in [-0.39, 0.29) is 17.2 Å². The zero-order valence-corrected chi connectivity index (χ0v) is 12.3. The van der Waals surface area contributed by atoms with Crippen molar-refractivity contribution in [2.45, 2.75) is 34.6 Å². The first-order valence-electron chi connectivity index (χ1n) is 6.71. The van der Waals surface area contributed by atoms with Crippen molar-refractivity contribution in [2.24, 2.45) is 17.3 Å². The Kier molecular flexibility index (Phi) is 3.48. The fraction of sp³-hybridized carbons (Fsp3) is 0.500. The summed E-state index contributed by atoms with van der Waals surface area (Å²) in [7, 11) is 0. The molecule has 0 aromatic carbocycles. The predicted molar refractivity (Wildman–Crippen MR) is 77.8 cm³/mol. The molecule has 1 aliphatic carbocycles. The highest BCUT2D eigenvalue weighted by Crippen LogP contribution is 2.59. The summed E-state index contributed by atoms with van der Waals surface area (Å²) in [6.45, 7) is 10.4. The van der Waals surface area contributed by atoms with Crippen LogP contribution in [-0.4, -0.2) is 10.9 Å². The molecule has 1 aliphatic rings. The minimum Gasteiger partial charge on any atom is -0.310 e. The number of rotatable bonds is 3. The molecular formula is C16H22N2O. The lowest BCUT2D eigenvalue weighted by Gasteiger charge is -2.05. The normalized spacial score (nSPS) is 23.6. The van der Waals surface area contributed by atoms with E-state index in [9.17, 15) is 4.79 Å². The lowest BCUT2D eigenvalue weighted by Crippen LogP contribution is -2.17. The van der Waals surface area contributed by atoms with E-state index in [0.29, 0.717) is 11.7 Å². The minimum absolute atomic E-state index is 0.0468. The van der Waals surface area contributed by atoms with Crippen LogP contribution in [0.5, 0.6) is 0 Å². The highest BCUT2D eigenvalue weighted by atomic mass is 16.2. The summed E-state index contributed by atoms with van der Waals surface area (Å²) in [6.07, 6.45) is 3.97. The standard InChI is InChI=1S/C16H22N2O/c1-10(2)8-12-14(16(12,4)5)15(19)18-13-7-6-11(3)9-17-13/h6-9,12,14H,1-5H3,(H,17,18,19)/t12-,14+/m1/s1. The van der Waals surface area contributed by atoms with Gasteiger partial charge in [0.1, 0.15) is 5.82 Å². The number of allylic oxidation sites excluding steroid dienone is 2. The van der Waals surface area contributed by atoms with Crippen LogP contribution in [0, 0.1) is 24.2 Å². The predicted octanol–water partition coefficient (Wildman–Crippen LogP) is 3.57. The number of aromatic nitrogens is 1. The van der Waals surface area contributed by atoms with Crippen LogP contribution in [-0.2, 0) is 4.79 Å². The van der Waals surface area contributed by atoms with Gasteiger partial charge in [-0.25, -0.2) is 4.98 Å². The third-order valence-electron chi connectivity index (χ3n) is 3.87. The molecule has 3 heteroatoms. The summed E-state index contributed by atoms with van der Waals surface area (Å²) in [5.41, 5.74) is 2.40. The van der Waals surface area contributed by atoms with Crippen molar-refractivity contribution in [1.82, 2.24) is 4.98 Å². The number of pyridine rings is 1. The number of anilines is 1. The van der Waals surface area contributed by atoms with E-state index in [4.69, 9.17) is 0 Å². The number of nitrogens with zero attached hydrogens (tertiary/aromatic N) is 1. The van der Waals surface area contributed by atoms with Gasteiger partial charge in [-0.3, -0.25) is 4.79 Å². The molecule has 1 aromatic rings. The van der Waals surface area contributed by atoms with Gasteiger partial charge in [0, 0.05) is 6.20 Å². The lowest BCUT2D eigenvalue weighted by atomic mass is 10.1. The van der Waals surface area contributed by atoms with Gasteiger partial charge in [-0.15, -0.1) is 0 Å². The van der Waals surface area contributed by atoms with Gasteiger partial charge in [0.05, 0.1) is 5.92 Å². The second-order valence-corrected chi connectivity index (χ2v) is 6.28. The highest BCUT2D eigenvalue weighted by Gasteiger charge is 2.60. The van der Waals surface area contributed by atoms with Gasteiger partial charge in [-0.1, -0.05) is 31.6 Å². The van der Waals surface area contributed by atoms with Crippen LogP contribution in [0.15, 0.2) is 30.0 Å². The van der Waals surface area contributed by atoms with Gasteiger partial charge in [0.15, 0.2) is 0 Å². The third-order valence-corrected chi connectivity index (χ3v) is 3.87. The summed E-state index contributed by atoms with van der Waals surface area (Å²) in [4.78, 5) is 16.5. The minimum atomic E-state index is 0.0468. The quantitative estimate of drug-likeness (QED) is 0.842. The molecule has 1 amide bonds. The molecule has 1 fully saturated rings. The highest BCUT2D eigenvalue weighted by molar-refractivity contribution is 5.95. The summed E-state index contributed by atoms with van der Waals surface area (Å²) in [5, 5.41) is 2.91. The van der Waals surface area contributed by atoms with Crippen LogP contribution in [0.2, 0.25) is 0 Å². The van der Waals surface area contributed by atoms with Crippen molar-refractivity contribution in [3.05, 3.63) is 35.5 Å². The van der Waals surface area contributed by atoms with Gasteiger partial charge in [0.25, 0.3) is 0 Å². The number of hydrogen-bond acceptors (Lipinski definition) is 2. The molecule has 1 saturated carbocycles. The third kappa shape index (κ3) is 2.86. The molecule has 0 spiro atoms. The van der Waals surface area contributed by atoms with Crippen LogP contribution in [0.3, 0.4) is 0 Å². The van der Waals surface area contributed by atoms with Crippen LogP contribution < -0.4 is 5.32 Å². The molecule has 2 atom stereocenters. The zero-order chi connectivity index (χ0) is 14.2. The van der Waals surface area contributed by atoms with Crippen LogP contribution >= 0.6 is 0 Å². The maximum Gasteiger partial charge on any atom is 0.229 e. The summed E-state index contributed by atoms with van der Waals surface area (Å²) >= 11 is 0. The van der Waals surface area contributed by atoms with E-state index in [1.165, 1.54) is 5.57 Å². The van der Waals surface area contributed by atoms with Crippen LogP contribution in [0.25, 0.3) is 0 Å². The number of nitrogens with one attached hydrogen (secondary N) is 1. The van der Waals surface area contributed by atoms with E-state index < -0.39 is 0 Å². The monoisotopic (exact) mass is 258 g/mol. The van der Waals surface area contributed by atoms with E-state index in [2.05, 4.69) is 44.1 Å². The van der Waals surface area contributed by atoms with Gasteiger partial charge in [0.2, 0.25) is 5.91 Å². The SMILES string of the molecule is CC(C)=C[C@@H]1[C@@H](C(=O)Nc2ccc(C)cn2)C1(C)C. The number of carbonyl (C=O) groups is 1. The molecule has 102 valence electrons.